The number of fused-ring (bicyclic) bond motifs is 1. The Hall–Kier alpha value is -3.00. The van der Waals surface area contributed by atoms with Crippen LogP contribution in [0.3, 0.4) is 0 Å². The van der Waals surface area contributed by atoms with E-state index in [0.717, 1.165) is 17.8 Å². The normalized spacial score (nSPS) is 14.1. The van der Waals surface area contributed by atoms with Crippen molar-refractivity contribution in [1.29, 1.82) is 0 Å². The zero-order valence-electron chi connectivity index (χ0n) is 16.3. The minimum absolute atomic E-state index is 0.0998. The Kier molecular flexibility index (Phi) is 7.73. The van der Waals surface area contributed by atoms with Crippen LogP contribution in [0, 0.1) is 0 Å². The number of nitrogens with one attached hydrogen (secondary N) is 1. The van der Waals surface area contributed by atoms with Gasteiger partial charge in [0.25, 0.3) is 5.91 Å². The molecule has 3 rings (SSSR count). The summed E-state index contributed by atoms with van der Waals surface area (Å²) in [6.45, 7) is 1.87. The van der Waals surface area contributed by atoms with E-state index in [9.17, 15) is 26.4 Å². The highest BCUT2D eigenvalue weighted by molar-refractivity contribution is 7.88. The van der Waals surface area contributed by atoms with Gasteiger partial charge >= 0.3 is 12.1 Å². The van der Waals surface area contributed by atoms with Crippen molar-refractivity contribution >= 4 is 21.9 Å². The maximum Gasteiger partial charge on any atom is 0.490 e. The average Bonchev–Trinajstić information content (AvgIpc) is 2.95. The topological polar surface area (TPSA) is 134 Å². The second-order valence-corrected chi connectivity index (χ2v) is 8.30. The van der Waals surface area contributed by atoms with Crippen LogP contribution in [0.4, 0.5) is 13.2 Å². The number of rotatable bonds is 4. The zero-order chi connectivity index (χ0) is 23.2. The second kappa shape index (κ2) is 9.87. The highest BCUT2D eigenvalue weighted by Gasteiger charge is 2.38. The van der Waals surface area contributed by atoms with Crippen molar-refractivity contribution < 1.29 is 36.3 Å². The van der Waals surface area contributed by atoms with E-state index in [-0.39, 0.29) is 12.5 Å². The minimum Gasteiger partial charge on any atom is -0.475 e. The highest BCUT2D eigenvalue weighted by Crippen LogP contribution is 2.14. The van der Waals surface area contributed by atoms with Crippen LogP contribution in [0.15, 0.2) is 30.6 Å². The van der Waals surface area contributed by atoms with E-state index in [0.29, 0.717) is 31.7 Å². The maximum absolute atomic E-state index is 12.5. The molecule has 0 aromatic carbocycles. The third kappa shape index (κ3) is 7.32. The lowest BCUT2D eigenvalue weighted by atomic mass is 10.3. The van der Waals surface area contributed by atoms with Crippen LogP contribution in [0.2, 0.25) is 0 Å². The molecular weight excluding hydrogens is 443 g/mol. The SMILES string of the molecule is CS(=O)(=O)NCc1cnc2n1CCN(C(=O)c1ccccn1)CC2.O=C(O)C(F)(F)F. The fourth-order valence-electron chi connectivity index (χ4n) is 2.69. The van der Waals surface area contributed by atoms with E-state index in [1.54, 1.807) is 35.5 Å². The molecule has 1 amide bonds. The summed E-state index contributed by atoms with van der Waals surface area (Å²) in [5.74, 6) is -2.00. The van der Waals surface area contributed by atoms with Gasteiger partial charge in [-0.25, -0.2) is 22.9 Å². The van der Waals surface area contributed by atoms with Gasteiger partial charge in [-0.1, -0.05) is 6.07 Å². The highest BCUT2D eigenvalue weighted by atomic mass is 32.2. The number of hydrogen-bond acceptors (Lipinski definition) is 6. The van der Waals surface area contributed by atoms with Crippen molar-refractivity contribution in [3.63, 3.8) is 0 Å². The van der Waals surface area contributed by atoms with Crippen LogP contribution < -0.4 is 4.72 Å². The molecule has 0 saturated heterocycles. The molecule has 2 aromatic heterocycles. The first-order valence-corrected chi connectivity index (χ1v) is 10.8. The minimum atomic E-state index is -5.08. The van der Waals surface area contributed by atoms with Crippen molar-refractivity contribution in [3.05, 3.63) is 47.8 Å². The molecule has 3 heterocycles. The van der Waals surface area contributed by atoms with Crippen LogP contribution in [-0.4, -0.2) is 70.4 Å². The van der Waals surface area contributed by atoms with E-state index in [4.69, 9.17) is 9.90 Å². The first-order chi connectivity index (χ1) is 14.4. The lowest BCUT2D eigenvalue weighted by molar-refractivity contribution is -0.192. The van der Waals surface area contributed by atoms with Gasteiger partial charge in [0.15, 0.2) is 0 Å². The summed E-state index contributed by atoms with van der Waals surface area (Å²) < 4.78 is 58.7. The van der Waals surface area contributed by atoms with Gasteiger partial charge in [0.1, 0.15) is 11.5 Å². The summed E-state index contributed by atoms with van der Waals surface area (Å²) in [6, 6.07) is 5.27. The van der Waals surface area contributed by atoms with Crippen molar-refractivity contribution in [1.82, 2.24) is 24.2 Å². The molecule has 2 N–H and O–H groups in total. The van der Waals surface area contributed by atoms with Gasteiger partial charge in [-0.05, 0) is 12.1 Å². The Morgan fingerprint density at radius 2 is 1.87 bits per heavy atom. The van der Waals surface area contributed by atoms with Crippen molar-refractivity contribution in [2.75, 3.05) is 19.3 Å². The Balaban J connectivity index is 0.000000423. The van der Waals surface area contributed by atoms with Gasteiger partial charge in [0, 0.05) is 38.4 Å². The Labute approximate surface area is 175 Å². The molecule has 170 valence electrons. The number of carboxylic acids is 1. The van der Waals surface area contributed by atoms with Crippen LogP contribution >= 0.6 is 0 Å². The van der Waals surface area contributed by atoms with Crippen molar-refractivity contribution in [2.45, 2.75) is 25.7 Å². The molecule has 0 aliphatic carbocycles. The molecule has 10 nitrogen and oxygen atoms in total. The predicted molar refractivity (Wildman–Crippen MR) is 101 cm³/mol. The third-order valence-electron chi connectivity index (χ3n) is 4.15. The molecule has 0 saturated carbocycles. The predicted octanol–water partition coefficient (Wildman–Crippen LogP) is 0.659. The third-order valence-corrected chi connectivity index (χ3v) is 4.82. The molecule has 0 bridgehead atoms. The van der Waals surface area contributed by atoms with E-state index >= 15 is 0 Å². The number of imidazole rings is 1. The largest absolute Gasteiger partial charge is 0.490 e. The van der Waals surface area contributed by atoms with E-state index < -0.39 is 22.2 Å². The van der Waals surface area contributed by atoms with Crippen molar-refractivity contribution in [3.8, 4) is 0 Å². The van der Waals surface area contributed by atoms with E-state index in [1.165, 1.54) is 0 Å². The Morgan fingerprint density at radius 1 is 1.19 bits per heavy atom. The molecule has 31 heavy (non-hydrogen) atoms. The number of aromatic nitrogens is 3. The zero-order valence-corrected chi connectivity index (χ0v) is 17.1. The lowest BCUT2D eigenvalue weighted by Gasteiger charge is -2.19. The van der Waals surface area contributed by atoms with Crippen LogP contribution in [0.5, 0.6) is 0 Å². The van der Waals surface area contributed by atoms with Gasteiger partial charge in [0.05, 0.1) is 18.5 Å². The number of halogens is 3. The molecule has 1 aliphatic heterocycles. The van der Waals surface area contributed by atoms with Crippen LogP contribution in [0.1, 0.15) is 22.0 Å². The van der Waals surface area contributed by atoms with Crippen LogP contribution in [0.25, 0.3) is 0 Å². The van der Waals surface area contributed by atoms with Gasteiger partial charge in [-0.3, -0.25) is 9.78 Å². The summed E-state index contributed by atoms with van der Waals surface area (Å²) >= 11 is 0. The van der Waals surface area contributed by atoms with Crippen molar-refractivity contribution in [2.24, 2.45) is 0 Å². The number of aliphatic carboxylic acids is 1. The number of hydrogen-bond donors (Lipinski definition) is 2. The molecule has 1 aliphatic rings. The first-order valence-electron chi connectivity index (χ1n) is 8.87. The monoisotopic (exact) mass is 463 g/mol. The molecule has 0 spiro atoms. The summed E-state index contributed by atoms with van der Waals surface area (Å²) in [4.78, 5) is 31.6. The molecule has 0 atom stereocenters. The summed E-state index contributed by atoms with van der Waals surface area (Å²) in [5, 5.41) is 7.12. The smallest absolute Gasteiger partial charge is 0.475 e. The van der Waals surface area contributed by atoms with Gasteiger partial charge < -0.3 is 14.6 Å². The number of pyridine rings is 1. The molecule has 0 unspecified atom stereocenters. The molecule has 2 aromatic rings. The van der Waals surface area contributed by atoms with Gasteiger partial charge in [-0.15, -0.1) is 0 Å². The fraction of sp³-hybridized carbons (Fsp3) is 0.412. The first kappa shape index (κ1) is 24.3. The molecule has 0 radical (unpaired) electrons. The summed E-state index contributed by atoms with van der Waals surface area (Å²) in [7, 11) is -3.26. The van der Waals surface area contributed by atoms with Gasteiger partial charge in [-0.2, -0.15) is 13.2 Å². The van der Waals surface area contributed by atoms with E-state index in [2.05, 4.69) is 14.7 Å². The van der Waals surface area contributed by atoms with Crippen LogP contribution in [-0.2, 0) is 34.3 Å². The Bertz CT molecular complexity index is 1020. The van der Waals surface area contributed by atoms with E-state index in [1.807, 2.05) is 4.57 Å². The standard InChI is InChI=1S/C15H19N5O3S.C2HF3O2/c1-24(22,23)18-11-12-10-17-14-5-7-19(8-9-20(12)14)15(21)13-4-2-3-6-16-13;3-2(4,5)1(6)7/h2-4,6,10,18H,5,7-9,11H2,1H3;(H,6,7). The Morgan fingerprint density at radius 3 is 2.42 bits per heavy atom. The number of nitrogens with zero attached hydrogens (tertiary/aromatic N) is 4. The summed E-state index contributed by atoms with van der Waals surface area (Å²) in [5.41, 5.74) is 1.22. The number of sulfonamides is 1. The molecule has 14 heteroatoms. The second-order valence-electron chi connectivity index (χ2n) is 6.47. The number of carbonyl (C=O) groups excluding carboxylic acids is 1. The number of amides is 1. The number of alkyl halides is 3. The van der Waals surface area contributed by atoms with Gasteiger partial charge in [0.2, 0.25) is 10.0 Å². The number of carboxylic acid groups (broad SMARTS) is 1. The maximum atomic E-state index is 12.5. The lowest BCUT2D eigenvalue weighted by Crippen LogP contribution is -2.34. The molecular formula is C17H20F3N5O5S. The fourth-order valence-corrected chi connectivity index (χ4v) is 3.10. The average molecular weight is 463 g/mol. The quantitative estimate of drug-likeness (QED) is 0.680. The summed E-state index contributed by atoms with van der Waals surface area (Å²) in [6.07, 6.45) is -0.0494. The molecule has 0 fully saturated rings. The number of carbonyl (C=O) groups is 2.